The van der Waals surface area contributed by atoms with Crippen LogP contribution in [0.5, 0.6) is 0 Å². The molecule has 1 aromatic carbocycles. The van der Waals surface area contributed by atoms with E-state index in [1.807, 2.05) is 0 Å². The number of nitrogen functional groups attached to an aromatic ring is 1. The predicted molar refractivity (Wildman–Crippen MR) is 66.6 cm³/mol. The molecule has 0 saturated heterocycles. The number of anilines is 1. The van der Waals surface area contributed by atoms with Crippen LogP contribution in [-0.2, 0) is 10.0 Å². The van der Waals surface area contributed by atoms with Crippen molar-refractivity contribution in [3.8, 4) is 0 Å². The highest BCUT2D eigenvalue weighted by Gasteiger charge is 2.38. The summed E-state index contributed by atoms with van der Waals surface area (Å²) in [6.07, 6.45) is -7.80. The number of aliphatic hydroxyl groups excluding tert-OH is 1. The van der Waals surface area contributed by atoms with Gasteiger partial charge in [0.15, 0.2) is 6.10 Å². The number of halogens is 3. The zero-order valence-electron chi connectivity index (χ0n) is 10.4. The number of hydrogen-bond donors (Lipinski definition) is 4. The highest BCUT2D eigenvalue weighted by Crippen LogP contribution is 2.22. The van der Waals surface area contributed by atoms with Crippen molar-refractivity contribution in [1.29, 1.82) is 0 Å². The molecule has 0 saturated carbocycles. The van der Waals surface area contributed by atoms with Crippen molar-refractivity contribution in [3.05, 3.63) is 23.8 Å². The Labute approximate surface area is 117 Å². The second kappa shape index (κ2) is 5.87. The second-order valence-corrected chi connectivity index (χ2v) is 5.76. The molecule has 21 heavy (non-hydrogen) atoms. The van der Waals surface area contributed by atoms with Gasteiger partial charge in [0.1, 0.15) is 4.90 Å². The van der Waals surface area contributed by atoms with Gasteiger partial charge in [-0.3, -0.25) is 4.79 Å². The van der Waals surface area contributed by atoms with E-state index in [1.165, 1.54) is 0 Å². The fraction of sp³-hybridized carbons (Fsp3) is 0.300. The van der Waals surface area contributed by atoms with E-state index in [-0.39, 0.29) is 11.3 Å². The maximum Gasteiger partial charge on any atom is 0.415 e. The standard InChI is InChI=1S/C10H12F3N3O4S/c11-10(12,13)8(17)4-16-21(19,20)7-2-1-5(9(15)18)3-6(7)14/h1-3,8,16-17H,4,14H2,(H2,15,18). The molecule has 1 unspecified atom stereocenters. The third kappa shape index (κ3) is 4.31. The van der Waals surface area contributed by atoms with Gasteiger partial charge in [0, 0.05) is 12.1 Å². The molecule has 118 valence electrons. The summed E-state index contributed by atoms with van der Waals surface area (Å²) in [6.45, 7) is -1.26. The van der Waals surface area contributed by atoms with Crippen molar-refractivity contribution >= 4 is 21.6 Å². The van der Waals surface area contributed by atoms with Crippen LogP contribution in [0.1, 0.15) is 10.4 Å². The Morgan fingerprint density at radius 1 is 1.38 bits per heavy atom. The first-order valence-corrected chi connectivity index (χ1v) is 6.87. The molecular formula is C10H12F3N3O4S. The highest BCUT2D eigenvalue weighted by atomic mass is 32.2. The minimum atomic E-state index is -4.95. The molecule has 0 aliphatic rings. The lowest BCUT2D eigenvalue weighted by Gasteiger charge is -2.15. The predicted octanol–water partition coefficient (Wildman–Crippen LogP) is -0.431. The average molecular weight is 327 g/mol. The summed E-state index contributed by atoms with van der Waals surface area (Å²) < 4.78 is 61.4. The van der Waals surface area contributed by atoms with E-state index in [1.54, 1.807) is 4.72 Å². The van der Waals surface area contributed by atoms with E-state index in [0.717, 1.165) is 18.2 Å². The third-order valence-corrected chi connectivity index (χ3v) is 3.93. The van der Waals surface area contributed by atoms with Crippen molar-refractivity contribution < 1.29 is 31.5 Å². The Bertz CT molecular complexity index is 645. The molecule has 1 rings (SSSR count). The first-order chi connectivity index (χ1) is 9.45. The molecule has 6 N–H and O–H groups in total. The lowest BCUT2D eigenvalue weighted by Crippen LogP contribution is -2.40. The van der Waals surface area contributed by atoms with E-state index in [9.17, 15) is 26.4 Å². The van der Waals surface area contributed by atoms with Gasteiger partial charge in [0.2, 0.25) is 15.9 Å². The minimum Gasteiger partial charge on any atom is -0.398 e. The fourth-order valence-corrected chi connectivity index (χ4v) is 2.48. The summed E-state index contributed by atoms with van der Waals surface area (Å²) in [5, 5.41) is 8.74. The molecule has 0 fully saturated rings. The number of rotatable bonds is 5. The zero-order valence-corrected chi connectivity index (χ0v) is 11.2. The number of carbonyl (C=O) groups excluding carboxylic acids is 1. The molecule has 0 aromatic heterocycles. The molecule has 7 nitrogen and oxygen atoms in total. The third-order valence-electron chi connectivity index (χ3n) is 2.43. The van der Waals surface area contributed by atoms with Gasteiger partial charge in [-0.25, -0.2) is 13.1 Å². The number of nitrogens with one attached hydrogen (secondary N) is 1. The zero-order chi connectivity index (χ0) is 16.4. The molecule has 1 aromatic rings. The van der Waals surface area contributed by atoms with Gasteiger partial charge in [0.05, 0.1) is 5.69 Å². The van der Waals surface area contributed by atoms with Crippen LogP contribution in [0.2, 0.25) is 0 Å². The summed E-state index contributed by atoms with van der Waals surface area (Å²) in [4.78, 5) is 10.4. The summed E-state index contributed by atoms with van der Waals surface area (Å²) in [7, 11) is -4.38. The molecule has 1 amide bonds. The van der Waals surface area contributed by atoms with Crippen molar-refractivity contribution in [2.45, 2.75) is 17.2 Å². The number of nitrogens with two attached hydrogens (primary N) is 2. The second-order valence-electron chi connectivity index (χ2n) is 4.03. The van der Waals surface area contributed by atoms with E-state index in [4.69, 9.17) is 16.6 Å². The van der Waals surface area contributed by atoms with Crippen LogP contribution < -0.4 is 16.2 Å². The maximum absolute atomic E-state index is 12.1. The Kier molecular flexibility index (Phi) is 4.81. The molecular weight excluding hydrogens is 315 g/mol. The van der Waals surface area contributed by atoms with Crippen LogP contribution in [-0.4, -0.2) is 38.3 Å². The number of aliphatic hydroxyl groups is 1. The van der Waals surface area contributed by atoms with Gasteiger partial charge < -0.3 is 16.6 Å². The number of benzene rings is 1. The van der Waals surface area contributed by atoms with Gasteiger partial charge in [-0.2, -0.15) is 13.2 Å². The van der Waals surface area contributed by atoms with Gasteiger partial charge >= 0.3 is 6.18 Å². The van der Waals surface area contributed by atoms with Crippen LogP contribution in [0.4, 0.5) is 18.9 Å². The lowest BCUT2D eigenvalue weighted by atomic mass is 10.2. The summed E-state index contributed by atoms with van der Waals surface area (Å²) >= 11 is 0. The monoisotopic (exact) mass is 327 g/mol. The van der Waals surface area contributed by atoms with Crippen LogP contribution in [0, 0.1) is 0 Å². The van der Waals surface area contributed by atoms with Gasteiger partial charge in [0.25, 0.3) is 0 Å². The number of primary amides is 1. The Balaban J connectivity index is 2.96. The van der Waals surface area contributed by atoms with Crippen molar-refractivity contribution in [2.24, 2.45) is 5.73 Å². The van der Waals surface area contributed by atoms with E-state index in [2.05, 4.69) is 0 Å². The molecule has 1 atom stereocenters. The molecule has 0 aliphatic carbocycles. The summed E-state index contributed by atoms with van der Waals surface area (Å²) in [6, 6.07) is 2.97. The van der Waals surface area contributed by atoms with Crippen LogP contribution in [0.3, 0.4) is 0 Å². The summed E-state index contributed by atoms with van der Waals surface area (Å²) in [5.41, 5.74) is 9.98. The lowest BCUT2D eigenvalue weighted by molar-refractivity contribution is -0.200. The molecule has 0 aliphatic heterocycles. The number of alkyl halides is 3. The normalized spacial score (nSPS) is 13.9. The molecule has 0 bridgehead atoms. The van der Waals surface area contributed by atoms with Crippen molar-refractivity contribution in [2.75, 3.05) is 12.3 Å². The first-order valence-electron chi connectivity index (χ1n) is 5.39. The molecule has 0 heterocycles. The largest absolute Gasteiger partial charge is 0.415 e. The molecule has 0 spiro atoms. The SMILES string of the molecule is NC(=O)c1ccc(S(=O)(=O)NCC(O)C(F)(F)F)c(N)c1. The van der Waals surface area contributed by atoms with Crippen LogP contribution in [0.25, 0.3) is 0 Å². The number of hydrogen-bond acceptors (Lipinski definition) is 5. The highest BCUT2D eigenvalue weighted by molar-refractivity contribution is 7.89. The van der Waals surface area contributed by atoms with Gasteiger partial charge in [-0.1, -0.05) is 0 Å². The van der Waals surface area contributed by atoms with Crippen LogP contribution >= 0.6 is 0 Å². The molecule has 0 radical (unpaired) electrons. The molecule has 11 heteroatoms. The van der Waals surface area contributed by atoms with Gasteiger partial charge in [-0.05, 0) is 18.2 Å². The Morgan fingerprint density at radius 2 is 1.95 bits per heavy atom. The smallest absolute Gasteiger partial charge is 0.398 e. The minimum absolute atomic E-state index is 0.0539. The van der Waals surface area contributed by atoms with Crippen molar-refractivity contribution in [3.63, 3.8) is 0 Å². The van der Waals surface area contributed by atoms with E-state index >= 15 is 0 Å². The number of carbonyl (C=O) groups is 1. The number of amides is 1. The maximum atomic E-state index is 12.1. The van der Waals surface area contributed by atoms with Gasteiger partial charge in [-0.15, -0.1) is 0 Å². The first kappa shape index (κ1) is 17.2. The Morgan fingerprint density at radius 3 is 2.38 bits per heavy atom. The average Bonchev–Trinajstić information content (AvgIpc) is 2.34. The summed E-state index contributed by atoms with van der Waals surface area (Å²) in [5.74, 6) is -0.842. The van der Waals surface area contributed by atoms with Crippen LogP contribution in [0.15, 0.2) is 23.1 Å². The Hall–Kier alpha value is -1.85. The fourth-order valence-electron chi connectivity index (χ4n) is 1.33. The van der Waals surface area contributed by atoms with E-state index in [0.29, 0.717) is 0 Å². The topological polar surface area (TPSA) is 136 Å². The van der Waals surface area contributed by atoms with Crippen molar-refractivity contribution in [1.82, 2.24) is 4.72 Å². The quantitative estimate of drug-likeness (QED) is 0.544. The number of sulfonamides is 1. The van der Waals surface area contributed by atoms with E-state index < -0.39 is 39.7 Å².